The molecule has 2 aromatic heterocycles. The highest BCUT2D eigenvalue weighted by Gasteiger charge is 2.22. The van der Waals surface area contributed by atoms with E-state index in [1.807, 2.05) is 18.9 Å². The molecule has 9 nitrogen and oxygen atoms in total. The van der Waals surface area contributed by atoms with Gasteiger partial charge >= 0.3 is 0 Å². The normalized spacial score (nSPS) is 13.7. The molecule has 0 saturated heterocycles. The zero-order chi connectivity index (χ0) is 17.1. The van der Waals surface area contributed by atoms with Gasteiger partial charge < -0.3 is 10.2 Å². The third-order valence-corrected chi connectivity index (χ3v) is 4.84. The fourth-order valence-corrected chi connectivity index (χ4v) is 3.33. The van der Waals surface area contributed by atoms with Crippen molar-refractivity contribution in [3.05, 3.63) is 17.1 Å². The lowest BCUT2D eigenvalue weighted by Crippen LogP contribution is -2.35. The van der Waals surface area contributed by atoms with Crippen molar-refractivity contribution in [2.24, 2.45) is 7.05 Å². The second-order valence-corrected chi connectivity index (χ2v) is 6.66. The van der Waals surface area contributed by atoms with Crippen molar-refractivity contribution in [1.29, 1.82) is 0 Å². The Morgan fingerprint density at radius 3 is 2.92 bits per heavy atom. The quantitative estimate of drug-likeness (QED) is 0.613. The molecular weight excluding hydrogens is 328 g/mol. The van der Waals surface area contributed by atoms with Crippen LogP contribution in [0, 0.1) is 6.92 Å². The van der Waals surface area contributed by atoms with Gasteiger partial charge in [0.05, 0.1) is 12.2 Å². The number of hydrogen-bond acceptors (Lipinski definition) is 8. The molecule has 1 N–H and O–H groups in total. The molecule has 0 spiro atoms. The lowest BCUT2D eigenvalue weighted by atomic mass is 10.1. The number of carbonyl (C=O) groups is 1. The van der Waals surface area contributed by atoms with Crippen LogP contribution >= 0.6 is 11.8 Å². The summed E-state index contributed by atoms with van der Waals surface area (Å²) in [4.78, 5) is 22.4. The highest BCUT2D eigenvalue weighted by Crippen LogP contribution is 2.24. The first-order valence-corrected chi connectivity index (χ1v) is 8.74. The number of rotatable bonds is 5. The predicted molar refractivity (Wildman–Crippen MR) is 89.6 cm³/mol. The number of aryl methyl sites for hydroxylation is 2. The van der Waals surface area contributed by atoms with Crippen molar-refractivity contribution in [2.45, 2.75) is 32.0 Å². The maximum atomic E-state index is 11.6. The second-order valence-electron chi connectivity index (χ2n) is 5.60. The molecule has 1 aliphatic rings. The van der Waals surface area contributed by atoms with E-state index in [2.05, 4.69) is 30.8 Å². The van der Waals surface area contributed by atoms with E-state index < -0.39 is 0 Å². The van der Waals surface area contributed by atoms with Gasteiger partial charge in [0.2, 0.25) is 11.1 Å². The molecule has 0 atom stereocenters. The van der Waals surface area contributed by atoms with E-state index in [0.29, 0.717) is 18.9 Å². The van der Waals surface area contributed by atoms with E-state index in [1.54, 1.807) is 23.4 Å². The molecular formula is C14H20N8OS. The number of hydrogen-bond donors (Lipinski definition) is 1. The van der Waals surface area contributed by atoms with Gasteiger partial charge in [0, 0.05) is 38.4 Å². The molecule has 3 rings (SSSR count). The zero-order valence-corrected chi connectivity index (χ0v) is 14.8. The average molecular weight is 348 g/mol. The number of thioether (sulfide) groups is 1. The summed E-state index contributed by atoms with van der Waals surface area (Å²) in [5.74, 6) is 2.50. The van der Waals surface area contributed by atoms with Crippen LogP contribution in [0.2, 0.25) is 0 Å². The van der Waals surface area contributed by atoms with Crippen LogP contribution in [0.15, 0.2) is 5.16 Å². The first-order chi connectivity index (χ1) is 11.5. The van der Waals surface area contributed by atoms with Gasteiger partial charge in [0.15, 0.2) is 0 Å². The SMILES string of the molecule is CC(=O)N1CCc2c(nc(C)nc2NCCSc2nnnn2C)C1. The summed E-state index contributed by atoms with van der Waals surface area (Å²) in [6.07, 6.45) is 0.776. The van der Waals surface area contributed by atoms with Crippen LogP contribution in [0.25, 0.3) is 0 Å². The number of carbonyl (C=O) groups excluding carboxylic acids is 1. The van der Waals surface area contributed by atoms with Crippen LogP contribution in [0.4, 0.5) is 5.82 Å². The number of anilines is 1. The van der Waals surface area contributed by atoms with Gasteiger partial charge in [-0.25, -0.2) is 14.6 Å². The number of tetrazole rings is 1. The summed E-state index contributed by atoms with van der Waals surface area (Å²) in [5, 5.41) is 15.5. The molecule has 128 valence electrons. The molecule has 24 heavy (non-hydrogen) atoms. The summed E-state index contributed by atoms with van der Waals surface area (Å²) in [6, 6.07) is 0. The highest BCUT2D eigenvalue weighted by molar-refractivity contribution is 7.99. The Balaban J connectivity index is 1.64. The zero-order valence-electron chi connectivity index (χ0n) is 14.0. The van der Waals surface area contributed by atoms with Crippen LogP contribution < -0.4 is 5.32 Å². The third-order valence-electron chi connectivity index (χ3n) is 3.83. The standard InChI is InChI=1S/C14H20N8OS/c1-9-16-12-8-22(10(2)23)6-4-11(12)13(17-9)15-5-7-24-14-18-19-20-21(14)3/h4-8H2,1-3H3,(H,15,16,17). The minimum atomic E-state index is 0.0834. The Hall–Kier alpha value is -2.23. The van der Waals surface area contributed by atoms with E-state index in [4.69, 9.17) is 0 Å². The van der Waals surface area contributed by atoms with Crippen LogP contribution in [0.5, 0.6) is 0 Å². The third kappa shape index (κ3) is 3.64. The smallest absolute Gasteiger partial charge is 0.219 e. The van der Waals surface area contributed by atoms with E-state index in [1.165, 1.54) is 0 Å². The molecule has 1 amide bonds. The highest BCUT2D eigenvalue weighted by atomic mass is 32.2. The Morgan fingerprint density at radius 2 is 2.21 bits per heavy atom. The Bertz CT molecular complexity index is 746. The van der Waals surface area contributed by atoms with Gasteiger partial charge in [-0.2, -0.15) is 0 Å². The van der Waals surface area contributed by atoms with E-state index >= 15 is 0 Å². The number of nitrogens with one attached hydrogen (secondary N) is 1. The number of fused-ring (bicyclic) bond motifs is 1. The van der Waals surface area contributed by atoms with E-state index in [9.17, 15) is 4.79 Å². The molecule has 0 radical (unpaired) electrons. The maximum Gasteiger partial charge on any atom is 0.219 e. The minimum Gasteiger partial charge on any atom is -0.369 e. The Kier molecular flexibility index (Phi) is 4.93. The Morgan fingerprint density at radius 1 is 1.38 bits per heavy atom. The lowest BCUT2D eigenvalue weighted by Gasteiger charge is -2.28. The van der Waals surface area contributed by atoms with Crippen molar-refractivity contribution in [3.63, 3.8) is 0 Å². The molecule has 10 heteroatoms. The topological polar surface area (TPSA) is 102 Å². The summed E-state index contributed by atoms with van der Waals surface area (Å²) in [7, 11) is 1.82. The molecule has 0 unspecified atom stereocenters. The molecule has 1 aliphatic heterocycles. The second kappa shape index (κ2) is 7.12. The van der Waals surface area contributed by atoms with Crippen molar-refractivity contribution in [3.8, 4) is 0 Å². The molecule has 0 bridgehead atoms. The first kappa shape index (κ1) is 16.6. The van der Waals surface area contributed by atoms with Crippen molar-refractivity contribution in [2.75, 3.05) is 24.2 Å². The Labute approximate surface area is 144 Å². The summed E-state index contributed by atoms with van der Waals surface area (Å²) >= 11 is 1.59. The molecule has 0 aromatic carbocycles. The van der Waals surface area contributed by atoms with Crippen molar-refractivity contribution < 1.29 is 4.79 Å². The van der Waals surface area contributed by atoms with Gasteiger partial charge in [0.1, 0.15) is 11.6 Å². The lowest BCUT2D eigenvalue weighted by molar-refractivity contribution is -0.129. The molecule has 2 aromatic rings. The van der Waals surface area contributed by atoms with Gasteiger partial charge in [-0.15, -0.1) is 5.10 Å². The van der Waals surface area contributed by atoms with Crippen LogP contribution in [0.3, 0.4) is 0 Å². The summed E-state index contributed by atoms with van der Waals surface area (Å²) in [6.45, 7) is 5.48. The number of aromatic nitrogens is 6. The van der Waals surface area contributed by atoms with Crippen LogP contribution in [-0.4, -0.2) is 59.8 Å². The maximum absolute atomic E-state index is 11.6. The van der Waals surface area contributed by atoms with Gasteiger partial charge in [-0.1, -0.05) is 11.8 Å². The van der Waals surface area contributed by atoms with Gasteiger partial charge in [-0.3, -0.25) is 4.79 Å². The van der Waals surface area contributed by atoms with E-state index in [0.717, 1.165) is 41.0 Å². The van der Waals surface area contributed by atoms with E-state index in [-0.39, 0.29) is 5.91 Å². The first-order valence-electron chi connectivity index (χ1n) is 7.75. The number of nitrogens with zero attached hydrogens (tertiary/aromatic N) is 7. The van der Waals surface area contributed by atoms with Gasteiger partial charge in [0.25, 0.3) is 0 Å². The van der Waals surface area contributed by atoms with Gasteiger partial charge in [-0.05, 0) is 23.8 Å². The predicted octanol–water partition coefficient (Wildman–Crippen LogP) is 0.417. The average Bonchev–Trinajstić information content (AvgIpc) is 2.95. The van der Waals surface area contributed by atoms with Crippen LogP contribution in [0.1, 0.15) is 24.0 Å². The molecule has 0 fully saturated rings. The van der Waals surface area contributed by atoms with Crippen molar-refractivity contribution in [1.82, 2.24) is 35.1 Å². The molecule has 0 saturated carbocycles. The minimum absolute atomic E-state index is 0.0834. The van der Waals surface area contributed by atoms with Crippen molar-refractivity contribution >= 4 is 23.5 Å². The monoisotopic (exact) mass is 348 g/mol. The molecule has 0 aliphatic carbocycles. The summed E-state index contributed by atoms with van der Waals surface area (Å²) < 4.78 is 1.65. The van der Waals surface area contributed by atoms with Crippen LogP contribution in [-0.2, 0) is 24.8 Å². The fraction of sp³-hybridized carbons (Fsp3) is 0.571. The molecule has 3 heterocycles. The number of amides is 1. The summed E-state index contributed by atoms with van der Waals surface area (Å²) in [5.41, 5.74) is 2.06. The largest absolute Gasteiger partial charge is 0.369 e. The fourth-order valence-electron chi connectivity index (χ4n) is 2.62.